The van der Waals surface area contributed by atoms with E-state index in [0.717, 1.165) is 0 Å². The molecule has 2 fully saturated rings. The van der Waals surface area contributed by atoms with Crippen molar-refractivity contribution >= 4 is 20.0 Å². The Morgan fingerprint density at radius 2 is 2.29 bits per heavy atom. The Morgan fingerprint density at radius 3 is 2.92 bits per heavy atom. The van der Waals surface area contributed by atoms with Crippen LogP contribution in [0.4, 0.5) is 0 Å². The molecule has 0 amide bonds. The molecule has 3 rings (SSSR count). The van der Waals surface area contributed by atoms with Crippen molar-refractivity contribution in [3.05, 3.63) is 27.4 Å². The van der Waals surface area contributed by atoms with Gasteiger partial charge in [0.15, 0.2) is 11.0 Å². The van der Waals surface area contributed by atoms with Crippen molar-refractivity contribution in [1.29, 1.82) is 0 Å². The molecule has 0 bridgehead atoms. The first-order valence-corrected chi connectivity index (χ1v) is 9.30. The van der Waals surface area contributed by atoms with Crippen LogP contribution in [0.1, 0.15) is 27.0 Å². The number of nitrogens with one attached hydrogen (secondary N) is 1. The minimum Gasteiger partial charge on any atom is -0.383 e. The molecule has 2 aliphatic rings. The minimum absolute atomic E-state index is 0.0575. The largest absolute Gasteiger partial charge is 0.475 e. The monoisotopic (exact) mass is 378 g/mol. The maximum atomic E-state index is 12.5. The number of fused-ring (bicyclic) bond motifs is 1. The highest BCUT2D eigenvalue weighted by Gasteiger charge is 2.60. The van der Waals surface area contributed by atoms with Gasteiger partial charge >= 0.3 is 7.82 Å². The molecule has 11 heteroatoms. The Morgan fingerprint density at radius 1 is 1.58 bits per heavy atom. The summed E-state index contributed by atoms with van der Waals surface area (Å²) in [6.07, 6.45) is -1.48. The highest BCUT2D eigenvalue weighted by atomic mass is 32.1. The molecule has 134 valence electrons. The van der Waals surface area contributed by atoms with Crippen molar-refractivity contribution in [2.24, 2.45) is 0 Å². The first-order valence-electron chi connectivity index (χ1n) is 7.43. The number of hydrogen-bond donors (Lipinski definition) is 2. The van der Waals surface area contributed by atoms with E-state index in [-0.39, 0.29) is 23.0 Å². The number of aliphatic hydroxyl groups is 1. The lowest BCUT2D eigenvalue weighted by atomic mass is 9.96. The lowest BCUT2D eigenvalue weighted by molar-refractivity contribution is -0.0939. The Bertz CT molecular complexity index is 789. The number of rotatable bonds is 3. The van der Waals surface area contributed by atoms with Crippen LogP contribution in [-0.2, 0) is 22.9 Å². The minimum atomic E-state index is -3.79. The van der Waals surface area contributed by atoms with Crippen LogP contribution in [0.25, 0.3) is 0 Å². The van der Waals surface area contributed by atoms with Gasteiger partial charge in [0.05, 0.1) is 12.7 Å². The molecule has 1 aromatic rings. The van der Waals surface area contributed by atoms with Crippen molar-refractivity contribution in [3.63, 3.8) is 0 Å². The SMILES string of the molecule is CC(C)OP1(=O)OCC2OC(n3ccc(=O)[nH]c3=S)C(C)(O)C2O1. The lowest BCUT2D eigenvalue weighted by Gasteiger charge is -2.35. The van der Waals surface area contributed by atoms with E-state index in [0.29, 0.717) is 0 Å². The standard InChI is InChI=1S/C13H19N2O7PS/c1-7(2)21-23(18)19-6-8-10(22-23)13(3,17)11(20-8)15-5-4-9(16)14-12(15)24/h4-5,7-8,10-11,17H,6H2,1-3H3,(H,14,16,24). The van der Waals surface area contributed by atoms with Crippen LogP contribution in [0.3, 0.4) is 0 Å². The molecule has 1 aromatic heterocycles. The predicted octanol–water partition coefficient (Wildman–Crippen LogP) is 1.50. The first kappa shape index (κ1) is 17.9. The summed E-state index contributed by atoms with van der Waals surface area (Å²) < 4.78 is 35.7. The summed E-state index contributed by atoms with van der Waals surface area (Å²) in [6, 6.07) is 1.27. The van der Waals surface area contributed by atoms with Gasteiger partial charge in [0, 0.05) is 12.3 Å². The van der Waals surface area contributed by atoms with Gasteiger partial charge in [-0.3, -0.25) is 27.9 Å². The second-order valence-corrected chi connectivity index (χ2v) is 8.15. The summed E-state index contributed by atoms with van der Waals surface area (Å²) in [5.74, 6) is 0. The fraction of sp³-hybridized carbons (Fsp3) is 0.692. The molecule has 0 aliphatic carbocycles. The summed E-state index contributed by atoms with van der Waals surface area (Å²) in [5.41, 5.74) is -1.93. The Hall–Kier alpha value is -0.870. The molecular weight excluding hydrogens is 359 g/mol. The molecule has 0 aromatic carbocycles. The van der Waals surface area contributed by atoms with Crippen molar-refractivity contribution < 1.29 is 28.0 Å². The van der Waals surface area contributed by atoms with Gasteiger partial charge in [0.1, 0.15) is 17.8 Å². The van der Waals surface area contributed by atoms with Crippen molar-refractivity contribution in [2.75, 3.05) is 6.61 Å². The van der Waals surface area contributed by atoms with Crippen LogP contribution in [0.15, 0.2) is 17.1 Å². The highest BCUT2D eigenvalue weighted by molar-refractivity contribution is 7.71. The van der Waals surface area contributed by atoms with E-state index in [1.807, 2.05) is 0 Å². The molecular formula is C13H19N2O7PS. The fourth-order valence-electron chi connectivity index (χ4n) is 2.80. The second-order valence-electron chi connectivity index (χ2n) is 6.19. The van der Waals surface area contributed by atoms with Crippen molar-refractivity contribution in [1.82, 2.24) is 9.55 Å². The molecule has 0 radical (unpaired) electrons. The smallest absolute Gasteiger partial charge is 0.383 e. The Labute approximate surface area is 143 Å². The summed E-state index contributed by atoms with van der Waals surface area (Å²) in [4.78, 5) is 13.8. The zero-order chi connectivity index (χ0) is 17.7. The van der Waals surface area contributed by atoms with Gasteiger partial charge in [-0.25, -0.2) is 4.57 Å². The third kappa shape index (κ3) is 3.15. The maximum Gasteiger partial charge on any atom is 0.475 e. The fourth-order valence-corrected chi connectivity index (χ4v) is 4.70. The van der Waals surface area contributed by atoms with E-state index >= 15 is 0 Å². The number of ether oxygens (including phenoxy) is 1. The van der Waals surface area contributed by atoms with E-state index < -0.39 is 31.9 Å². The number of H-pyrrole nitrogens is 1. The third-order valence-corrected chi connectivity index (χ3v) is 5.74. The second kappa shape index (κ2) is 6.14. The van der Waals surface area contributed by atoms with E-state index in [9.17, 15) is 14.5 Å². The van der Waals surface area contributed by atoms with Gasteiger partial charge < -0.3 is 9.84 Å². The number of aromatic nitrogens is 2. The number of aromatic amines is 1. The van der Waals surface area contributed by atoms with Crippen LogP contribution in [0.5, 0.6) is 0 Å². The zero-order valence-electron chi connectivity index (χ0n) is 13.4. The average molecular weight is 378 g/mol. The molecule has 5 atom stereocenters. The Kier molecular flexibility index (Phi) is 4.59. The number of nitrogens with zero attached hydrogens (tertiary/aromatic N) is 1. The molecule has 0 saturated carbocycles. The summed E-state index contributed by atoms with van der Waals surface area (Å²) in [7, 11) is -3.79. The van der Waals surface area contributed by atoms with Gasteiger partial charge in [0.25, 0.3) is 5.56 Å². The predicted molar refractivity (Wildman–Crippen MR) is 85.1 cm³/mol. The van der Waals surface area contributed by atoms with Gasteiger partial charge in [-0.15, -0.1) is 0 Å². The molecule has 0 spiro atoms. The third-order valence-electron chi connectivity index (χ3n) is 3.80. The number of phosphoric ester groups is 1. The number of hydrogen-bond acceptors (Lipinski definition) is 8. The normalized spacial score (nSPS) is 39.1. The molecule has 2 N–H and O–H groups in total. The topological polar surface area (TPSA) is 112 Å². The molecule has 24 heavy (non-hydrogen) atoms. The molecule has 3 heterocycles. The van der Waals surface area contributed by atoms with Crippen LogP contribution in [-0.4, -0.2) is 45.2 Å². The van der Waals surface area contributed by atoms with E-state index in [1.54, 1.807) is 13.8 Å². The van der Waals surface area contributed by atoms with Crippen molar-refractivity contribution in [3.8, 4) is 0 Å². The van der Waals surface area contributed by atoms with Crippen LogP contribution < -0.4 is 5.56 Å². The maximum absolute atomic E-state index is 12.5. The van der Waals surface area contributed by atoms with Crippen molar-refractivity contribution in [2.45, 2.75) is 50.9 Å². The van der Waals surface area contributed by atoms with Gasteiger partial charge in [-0.1, -0.05) is 0 Å². The van der Waals surface area contributed by atoms with Gasteiger partial charge in [0.2, 0.25) is 0 Å². The molecule has 9 nitrogen and oxygen atoms in total. The number of phosphoric acid groups is 1. The first-order chi connectivity index (χ1) is 11.1. The molecule has 2 aliphatic heterocycles. The van der Waals surface area contributed by atoms with E-state index in [4.69, 9.17) is 30.5 Å². The highest BCUT2D eigenvalue weighted by Crippen LogP contribution is 2.59. The average Bonchev–Trinajstić information content (AvgIpc) is 2.69. The summed E-state index contributed by atoms with van der Waals surface area (Å²) in [6.45, 7) is 4.83. The molecule has 5 unspecified atom stereocenters. The van der Waals surface area contributed by atoms with Crippen LogP contribution in [0.2, 0.25) is 0 Å². The zero-order valence-corrected chi connectivity index (χ0v) is 15.1. The van der Waals surface area contributed by atoms with Crippen LogP contribution in [0, 0.1) is 4.77 Å². The van der Waals surface area contributed by atoms with Gasteiger partial charge in [-0.05, 0) is 33.0 Å². The summed E-state index contributed by atoms with van der Waals surface area (Å²) >= 11 is 5.11. The summed E-state index contributed by atoms with van der Waals surface area (Å²) in [5, 5.41) is 10.9. The molecule has 2 saturated heterocycles. The van der Waals surface area contributed by atoms with Crippen LogP contribution >= 0.6 is 20.0 Å². The quantitative estimate of drug-likeness (QED) is 0.601. The van der Waals surface area contributed by atoms with Gasteiger partial charge in [-0.2, -0.15) is 0 Å². The van der Waals surface area contributed by atoms with E-state index in [1.165, 1.54) is 23.8 Å². The van der Waals surface area contributed by atoms with E-state index in [2.05, 4.69) is 4.98 Å². The Balaban J connectivity index is 1.91. The lowest BCUT2D eigenvalue weighted by Crippen LogP contribution is -2.48.